The summed E-state index contributed by atoms with van der Waals surface area (Å²) < 4.78 is -0.761. The van der Waals surface area contributed by atoms with Crippen molar-refractivity contribution in [1.82, 2.24) is 5.32 Å². The van der Waals surface area contributed by atoms with E-state index in [1.165, 1.54) is 0 Å². The molecule has 0 spiro atoms. The lowest BCUT2D eigenvalue weighted by molar-refractivity contribution is 0.0941. The molecule has 1 atom stereocenters. The minimum absolute atomic E-state index is 0.317. The van der Waals surface area contributed by atoms with Crippen LogP contribution in [-0.4, -0.2) is 15.9 Å². The number of amides is 1. The number of benzene rings is 2. The molecule has 3 nitrogen and oxygen atoms in total. The Hall–Kier alpha value is -0.690. The molecule has 0 heterocycles. The minimum atomic E-state index is -1.71. The summed E-state index contributed by atoms with van der Waals surface area (Å²) in [7, 11) is 0. The molecule has 2 N–H and O–H groups in total. The third-order valence-corrected chi connectivity index (χ3v) is 4.70. The van der Waals surface area contributed by atoms with E-state index in [1.807, 2.05) is 38.1 Å². The molecule has 0 saturated heterocycles. The second kappa shape index (κ2) is 8.13. The second-order valence-electron chi connectivity index (χ2n) is 5.42. The molecule has 0 aliphatic rings. The zero-order valence-corrected chi connectivity index (χ0v) is 17.5. The van der Waals surface area contributed by atoms with Crippen LogP contribution in [-0.2, 0) is 0 Å². The molecule has 0 radical (unpaired) electrons. The summed E-state index contributed by atoms with van der Waals surface area (Å²) in [5.41, 5.74) is 3.42. The lowest BCUT2D eigenvalue weighted by Crippen LogP contribution is -2.49. The fourth-order valence-corrected chi connectivity index (χ4v) is 3.05. The summed E-state index contributed by atoms with van der Waals surface area (Å²) in [6.07, 6.45) is -0.880. The first kappa shape index (κ1) is 19.6. The largest absolute Gasteiger partial charge is 0.362 e. The van der Waals surface area contributed by atoms with Gasteiger partial charge in [-0.15, -0.1) is 0 Å². The number of anilines is 1. The Balaban J connectivity index is 2.21. The molecule has 2 aromatic carbocycles. The van der Waals surface area contributed by atoms with Gasteiger partial charge in [0.25, 0.3) is 5.91 Å². The molecule has 0 bridgehead atoms. The van der Waals surface area contributed by atoms with E-state index in [-0.39, 0.29) is 5.91 Å². The van der Waals surface area contributed by atoms with E-state index in [9.17, 15) is 4.79 Å². The molecular weight excluding hydrogens is 481 g/mol. The number of nitrogens with one attached hydrogen (secondary N) is 2. The van der Waals surface area contributed by atoms with Crippen molar-refractivity contribution in [2.24, 2.45) is 0 Å². The van der Waals surface area contributed by atoms with Crippen molar-refractivity contribution < 1.29 is 4.79 Å². The predicted octanol–water partition coefficient (Wildman–Crippen LogP) is 5.45. The van der Waals surface area contributed by atoms with Gasteiger partial charge < -0.3 is 10.6 Å². The average molecular weight is 498 g/mol. The van der Waals surface area contributed by atoms with Crippen LogP contribution in [0.15, 0.2) is 42.5 Å². The van der Waals surface area contributed by atoms with E-state index in [0.717, 1.165) is 20.4 Å². The predicted molar refractivity (Wildman–Crippen MR) is 110 cm³/mol. The SMILES string of the molecule is Cc1ccc(N[C@@H](NC(=O)c2cccc(I)c2)C(Cl)(Cl)Cl)c(C)c1. The fraction of sp³-hybridized carbons (Fsp3) is 0.235. The van der Waals surface area contributed by atoms with Gasteiger partial charge in [0.2, 0.25) is 3.79 Å². The molecule has 0 aliphatic carbocycles. The normalized spacial score (nSPS) is 12.6. The first-order valence-electron chi connectivity index (χ1n) is 7.14. The van der Waals surface area contributed by atoms with Crippen molar-refractivity contribution in [1.29, 1.82) is 0 Å². The Morgan fingerprint density at radius 3 is 2.42 bits per heavy atom. The van der Waals surface area contributed by atoms with Gasteiger partial charge in [-0.2, -0.15) is 0 Å². The van der Waals surface area contributed by atoms with Crippen LogP contribution in [0.3, 0.4) is 0 Å². The quantitative estimate of drug-likeness (QED) is 0.335. The molecule has 24 heavy (non-hydrogen) atoms. The number of aryl methyl sites for hydroxylation is 2. The van der Waals surface area contributed by atoms with Crippen LogP contribution in [0.4, 0.5) is 5.69 Å². The highest BCUT2D eigenvalue weighted by atomic mass is 127. The van der Waals surface area contributed by atoms with Gasteiger partial charge in [-0.05, 0) is 66.3 Å². The maximum atomic E-state index is 12.5. The zero-order valence-electron chi connectivity index (χ0n) is 13.0. The molecule has 2 rings (SSSR count). The van der Waals surface area contributed by atoms with E-state index in [1.54, 1.807) is 18.2 Å². The summed E-state index contributed by atoms with van der Waals surface area (Å²) >= 11 is 20.3. The summed E-state index contributed by atoms with van der Waals surface area (Å²) in [6.45, 7) is 3.95. The zero-order chi connectivity index (χ0) is 17.9. The lowest BCUT2D eigenvalue weighted by atomic mass is 10.1. The molecule has 0 unspecified atom stereocenters. The Kier molecular flexibility index (Phi) is 6.65. The molecule has 2 aromatic rings. The van der Waals surface area contributed by atoms with Crippen molar-refractivity contribution in [2.45, 2.75) is 23.8 Å². The number of halogens is 4. The van der Waals surface area contributed by atoms with Crippen molar-refractivity contribution in [3.8, 4) is 0 Å². The summed E-state index contributed by atoms with van der Waals surface area (Å²) in [4.78, 5) is 12.5. The topological polar surface area (TPSA) is 41.1 Å². The first-order valence-corrected chi connectivity index (χ1v) is 9.35. The Labute approximate surface area is 170 Å². The molecule has 0 aromatic heterocycles. The summed E-state index contributed by atoms with van der Waals surface area (Å²) in [5, 5.41) is 5.84. The van der Waals surface area contributed by atoms with Gasteiger partial charge in [-0.25, -0.2) is 0 Å². The van der Waals surface area contributed by atoms with Crippen molar-refractivity contribution in [2.75, 3.05) is 5.32 Å². The van der Waals surface area contributed by atoms with Crippen LogP contribution in [0.2, 0.25) is 0 Å². The smallest absolute Gasteiger partial charge is 0.253 e. The van der Waals surface area contributed by atoms with Crippen LogP contribution in [0.5, 0.6) is 0 Å². The van der Waals surface area contributed by atoms with Gasteiger partial charge in [0.15, 0.2) is 0 Å². The molecule has 128 valence electrons. The Morgan fingerprint density at radius 2 is 1.83 bits per heavy atom. The van der Waals surface area contributed by atoms with Crippen molar-refractivity contribution in [3.05, 3.63) is 62.7 Å². The monoisotopic (exact) mass is 496 g/mol. The highest BCUT2D eigenvalue weighted by Crippen LogP contribution is 2.32. The number of carbonyl (C=O) groups excluding carboxylic acids is 1. The fourth-order valence-electron chi connectivity index (χ4n) is 2.17. The maximum absolute atomic E-state index is 12.5. The van der Waals surface area contributed by atoms with Crippen LogP contribution >= 0.6 is 57.4 Å². The highest BCUT2D eigenvalue weighted by molar-refractivity contribution is 14.1. The molecule has 7 heteroatoms. The number of hydrogen-bond acceptors (Lipinski definition) is 2. The number of hydrogen-bond donors (Lipinski definition) is 2. The van der Waals surface area contributed by atoms with Gasteiger partial charge in [0.1, 0.15) is 6.17 Å². The molecule has 0 aliphatic heterocycles. The molecule has 0 fully saturated rings. The first-order chi connectivity index (χ1) is 11.2. The van der Waals surface area contributed by atoms with E-state index < -0.39 is 9.96 Å². The average Bonchev–Trinajstić information content (AvgIpc) is 2.48. The van der Waals surface area contributed by atoms with Crippen LogP contribution < -0.4 is 10.6 Å². The van der Waals surface area contributed by atoms with Crippen LogP contribution in [0.25, 0.3) is 0 Å². The number of carbonyl (C=O) groups is 1. The van der Waals surface area contributed by atoms with Crippen LogP contribution in [0, 0.1) is 17.4 Å². The van der Waals surface area contributed by atoms with Crippen molar-refractivity contribution in [3.63, 3.8) is 0 Å². The summed E-state index contributed by atoms with van der Waals surface area (Å²) in [6, 6.07) is 13.0. The van der Waals surface area contributed by atoms with E-state index in [0.29, 0.717) is 5.56 Å². The molecule has 1 amide bonds. The summed E-state index contributed by atoms with van der Waals surface area (Å²) in [5.74, 6) is -0.317. The van der Waals surface area contributed by atoms with E-state index in [2.05, 4.69) is 33.2 Å². The minimum Gasteiger partial charge on any atom is -0.362 e. The van der Waals surface area contributed by atoms with Gasteiger partial charge >= 0.3 is 0 Å². The lowest BCUT2D eigenvalue weighted by Gasteiger charge is -2.28. The number of alkyl halides is 3. The molecule has 0 saturated carbocycles. The van der Waals surface area contributed by atoms with E-state index >= 15 is 0 Å². The number of rotatable bonds is 4. The third-order valence-electron chi connectivity index (χ3n) is 3.37. The van der Waals surface area contributed by atoms with Gasteiger partial charge in [0, 0.05) is 14.8 Å². The maximum Gasteiger partial charge on any atom is 0.253 e. The van der Waals surface area contributed by atoms with Crippen LogP contribution in [0.1, 0.15) is 21.5 Å². The molecular formula is C17H16Cl3IN2O. The van der Waals surface area contributed by atoms with Gasteiger partial charge in [-0.3, -0.25) is 4.79 Å². The second-order valence-corrected chi connectivity index (χ2v) is 9.04. The third kappa shape index (κ3) is 5.41. The highest BCUT2D eigenvalue weighted by Gasteiger charge is 2.34. The van der Waals surface area contributed by atoms with E-state index in [4.69, 9.17) is 34.8 Å². The van der Waals surface area contributed by atoms with Gasteiger partial charge in [0.05, 0.1) is 0 Å². The Bertz CT molecular complexity index is 747. The van der Waals surface area contributed by atoms with Crippen molar-refractivity contribution >= 4 is 69.0 Å². The van der Waals surface area contributed by atoms with Gasteiger partial charge in [-0.1, -0.05) is 58.6 Å². The standard InChI is InChI=1S/C17H16Cl3IN2O/c1-10-6-7-14(11(2)8-10)22-16(17(18,19)20)23-15(24)12-4-3-5-13(21)9-12/h3-9,16,22H,1-2H3,(H,23,24)/t16-/m0/s1. The Morgan fingerprint density at radius 1 is 1.12 bits per heavy atom.